The molecule has 3 aromatic carbocycles. The first kappa shape index (κ1) is 11.4. The molecular weight excluding hydrogens is 274 g/mol. The van der Waals surface area contributed by atoms with Crippen molar-refractivity contribution in [3.8, 4) is 0 Å². The Hall–Kier alpha value is -3.21. The van der Waals surface area contributed by atoms with E-state index in [4.69, 9.17) is 0 Å². The second-order valence-electron chi connectivity index (χ2n) is 5.40. The molecule has 0 saturated carbocycles. The molecule has 0 spiro atoms. The number of benzene rings is 3. The van der Waals surface area contributed by atoms with E-state index in [-0.39, 0.29) is 0 Å². The zero-order valence-corrected chi connectivity index (χ0v) is 11.6. The Morgan fingerprint density at radius 2 is 1.41 bits per heavy atom. The van der Waals surface area contributed by atoms with E-state index in [1.54, 1.807) is 11.5 Å². The maximum atomic E-state index is 3.98. The van der Waals surface area contributed by atoms with Gasteiger partial charge in [0, 0.05) is 16.6 Å². The Morgan fingerprint density at radius 3 is 2.14 bits per heavy atom. The van der Waals surface area contributed by atoms with Crippen molar-refractivity contribution in [3.63, 3.8) is 0 Å². The van der Waals surface area contributed by atoms with E-state index in [9.17, 15) is 0 Å². The van der Waals surface area contributed by atoms with Crippen LogP contribution in [0.5, 0.6) is 0 Å². The molecular formula is C17H11N5. The maximum Gasteiger partial charge on any atom is 0.141 e. The van der Waals surface area contributed by atoms with Crippen LogP contribution in [-0.4, -0.2) is 16.5 Å². The Kier molecular flexibility index (Phi) is 2.16. The molecule has 0 amide bonds. The van der Waals surface area contributed by atoms with Crippen LogP contribution in [0, 0.1) is 0 Å². The predicted molar refractivity (Wildman–Crippen MR) is 86.7 cm³/mol. The van der Waals surface area contributed by atoms with Crippen molar-refractivity contribution in [1.82, 2.24) is 10.1 Å². The largest absolute Gasteiger partial charge is 0.226 e. The highest BCUT2D eigenvalue weighted by atomic mass is 15.8. The van der Waals surface area contributed by atoms with Crippen molar-refractivity contribution in [2.75, 3.05) is 0 Å². The Balaban J connectivity index is 1.85. The van der Waals surface area contributed by atoms with Crippen molar-refractivity contribution in [3.05, 3.63) is 59.0 Å². The lowest BCUT2D eigenvalue weighted by Crippen LogP contribution is -2.42. The molecule has 2 heterocycles. The first-order valence-corrected chi connectivity index (χ1v) is 7.05. The summed E-state index contributed by atoms with van der Waals surface area (Å²) in [6.07, 6.45) is 5.60. The van der Waals surface area contributed by atoms with Crippen LogP contribution in [0.1, 0.15) is 0 Å². The predicted octanol–water partition coefficient (Wildman–Crippen LogP) is 2.33. The van der Waals surface area contributed by atoms with Crippen LogP contribution in [0.3, 0.4) is 0 Å². The lowest BCUT2D eigenvalue weighted by Gasteiger charge is -2.26. The van der Waals surface area contributed by atoms with Crippen molar-refractivity contribution in [2.45, 2.75) is 0 Å². The molecule has 0 saturated heterocycles. The van der Waals surface area contributed by atoms with Gasteiger partial charge in [0.25, 0.3) is 0 Å². The van der Waals surface area contributed by atoms with Gasteiger partial charge in [-0.25, -0.2) is 5.01 Å². The smallest absolute Gasteiger partial charge is 0.141 e. The molecule has 5 rings (SSSR count). The minimum absolute atomic E-state index is 1.12. The van der Waals surface area contributed by atoms with Crippen LogP contribution < -0.4 is 10.4 Å². The van der Waals surface area contributed by atoms with Crippen LogP contribution in [0.4, 0.5) is 0 Å². The van der Waals surface area contributed by atoms with Gasteiger partial charge in [0.15, 0.2) is 0 Å². The molecule has 0 atom stereocenters. The van der Waals surface area contributed by atoms with E-state index in [1.165, 1.54) is 21.5 Å². The molecule has 2 aliphatic rings. The van der Waals surface area contributed by atoms with E-state index in [2.05, 4.69) is 64.1 Å². The molecule has 0 unspecified atom stereocenters. The summed E-state index contributed by atoms with van der Waals surface area (Å²) in [7, 11) is 0. The van der Waals surface area contributed by atoms with Gasteiger partial charge >= 0.3 is 0 Å². The van der Waals surface area contributed by atoms with Crippen LogP contribution >= 0.6 is 0 Å². The SMILES string of the molecule is C1=NN=NN2C=c3cc4cc5ccccc5cc4cc3=CN12. The second-order valence-corrected chi connectivity index (χ2v) is 5.40. The van der Waals surface area contributed by atoms with Crippen LogP contribution in [-0.2, 0) is 0 Å². The van der Waals surface area contributed by atoms with Gasteiger partial charge in [-0.3, -0.25) is 0 Å². The molecule has 0 fully saturated rings. The van der Waals surface area contributed by atoms with Gasteiger partial charge in [-0.15, -0.1) is 5.10 Å². The first-order chi connectivity index (χ1) is 10.9. The fraction of sp³-hybridized carbons (Fsp3) is 0. The number of rotatable bonds is 0. The standard InChI is InChI=1S/C17H11N5/c1-2-4-13-6-15-8-17-10-22-20-19-18-11-21(22)9-16(17)7-14(15)5-12(13)3-1/h1-11H. The highest BCUT2D eigenvalue weighted by molar-refractivity contribution is 5.98. The molecule has 3 aromatic rings. The quantitative estimate of drug-likeness (QED) is 0.595. The Bertz CT molecular complexity index is 1010. The maximum absolute atomic E-state index is 3.98. The fourth-order valence-corrected chi connectivity index (χ4v) is 2.94. The van der Waals surface area contributed by atoms with Gasteiger partial charge in [0.1, 0.15) is 6.34 Å². The summed E-state index contributed by atoms with van der Waals surface area (Å²) in [5.41, 5.74) is 0. The number of hydrazine groups is 1. The number of hydrogen-bond acceptors (Lipinski definition) is 5. The van der Waals surface area contributed by atoms with Gasteiger partial charge in [0.05, 0.1) is 6.20 Å². The molecule has 5 nitrogen and oxygen atoms in total. The van der Waals surface area contributed by atoms with Crippen molar-refractivity contribution in [1.29, 1.82) is 0 Å². The van der Waals surface area contributed by atoms with Crippen LogP contribution in [0.25, 0.3) is 33.9 Å². The topological polar surface area (TPSA) is 43.6 Å². The molecule has 0 N–H and O–H groups in total. The fourth-order valence-electron chi connectivity index (χ4n) is 2.94. The summed E-state index contributed by atoms with van der Waals surface area (Å²) in [6, 6.07) is 17.3. The van der Waals surface area contributed by atoms with Crippen molar-refractivity contribution in [2.24, 2.45) is 15.5 Å². The minimum atomic E-state index is 1.12. The summed E-state index contributed by atoms with van der Waals surface area (Å²) in [5, 5.41) is 22.1. The third kappa shape index (κ3) is 1.62. The van der Waals surface area contributed by atoms with Gasteiger partial charge < -0.3 is 0 Å². The summed E-state index contributed by atoms with van der Waals surface area (Å²) in [4.78, 5) is 0. The molecule has 22 heavy (non-hydrogen) atoms. The number of fused-ring (bicyclic) bond motifs is 4. The lowest BCUT2D eigenvalue weighted by atomic mass is 10.0. The summed E-state index contributed by atoms with van der Waals surface area (Å²) in [6.45, 7) is 0. The zero-order chi connectivity index (χ0) is 14.5. The third-order valence-corrected chi connectivity index (χ3v) is 4.02. The molecule has 0 aromatic heterocycles. The molecule has 0 radical (unpaired) electrons. The number of nitrogens with zero attached hydrogens (tertiary/aromatic N) is 5. The average Bonchev–Trinajstić information content (AvgIpc) is 2.56. The van der Waals surface area contributed by atoms with Crippen LogP contribution in [0.15, 0.2) is 64.1 Å². The monoisotopic (exact) mass is 285 g/mol. The molecule has 2 aliphatic heterocycles. The lowest BCUT2D eigenvalue weighted by molar-refractivity contribution is 0.190. The molecule has 0 aliphatic carbocycles. The summed E-state index contributed by atoms with van der Waals surface area (Å²) >= 11 is 0. The Morgan fingerprint density at radius 1 is 0.727 bits per heavy atom. The van der Waals surface area contributed by atoms with E-state index in [0.717, 1.165) is 10.4 Å². The van der Waals surface area contributed by atoms with Crippen molar-refractivity contribution < 1.29 is 0 Å². The van der Waals surface area contributed by atoms with Gasteiger partial charge in [-0.05, 0) is 56.3 Å². The third-order valence-electron chi connectivity index (χ3n) is 4.02. The summed E-state index contributed by atoms with van der Waals surface area (Å²) in [5.74, 6) is 0. The van der Waals surface area contributed by atoms with Gasteiger partial charge in [-0.2, -0.15) is 5.12 Å². The van der Waals surface area contributed by atoms with E-state index in [0.29, 0.717) is 0 Å². The van der Waals surface area contributed by atoms with E-state index in [1.807, 2.05) is 17.4 Å². The normalized spacial score (nSPS) is 15.5. The van der Waals surface area contributed by atoms with Crippen LogP contribution in [0.2, 0.25) is 0 Å². The highest BCUT2D eigenvalue weighted by Gasteiger charge is 2.13. The first-order valence-electron chi connectivity index (χ1n) is 7.05. The second kappa shape index (κ2) is 4.14. The van der Waals surface area contributed by atoms with E-state index >= 15 is 0 Å². The zero-order valence-electron chi connectivity index (χ0n) is 11.6. The molecule has 0 bridgehead atoms. The number of hydrogen-bond donors (Lipinski definition) is 0. The average molecular weight is 285 g/mol. The highest BCUT2D eigenvalue weighted by Crippen LogP contribution is 2.21. The molecule has 5 heteroatoms. The Labute approximate surface area is 125 Å². The minimum Gasteiger partial charge on any atom is -0.226 e. The van der Waals surface area contributed by atoms with Gasteiger partial charge in [0.2, 0.25) is 0 Å². The van der Waals surface area contributed by atoms with Crippen molar-refractivity contribution >= 4 is 40.3 Å². The summed E-state index contributed by atoms with van der Waals surface area (Å²) < 4.78 is 0. The molecule has 104 valence electrons. The van der Waals surface area contributed by atoms with Gasteiger partial charge in [-0.1, -0.05) is 24.3 Å². The van der Waals surface area contributed by atoms with E-state index < -0.39 is 0 Å².